The zero-order valence-corrected chi connectivity index (χ0v) is 17.1. The molecule has 1 unspecified atom stereocenters. The van der Waals surface area contributed by atoms with Crippen molar-refractivity contribution in [3.8, 4) is 11.1 Å². The van der Waals surface area contributed by atoms with Crippen molar-refractivity contribution >= 4 is 27.8 Å². The molecule has 1 aromatic carbocycles. The number of rotatable bonds is 7. The Labute approximate surface area is 172 Å². The van der Waals surface area contributed by atoms with Gasteiger partial charge in [0.1, 0.15) is 18.5 Å². The van der Waals surface area contributed by atoms with Crippen LogP contribution in [0.4, 0.5) is 14.9 Å². The van der Waals surface area contributed by atoms with Crippen molar-refractivity contribution in [2.45, 2.75) is 19.6 Å². The number of anilines is 1. The first-order chi connectivity index (χ1) is 14.1. The van der Waals surface area contributed by atoms with E-state index in [4.69, 9.17) is 4.74 Å². The van der Waals surface area contributed by atoms with E-state index in [0.29, 0.717) is 16.9 Å². The van der Waals surface area contributed by atoms with E-state index in [0.717, 1.165) is 6.26 Å². The first kappa shape index (κ1) is 21.7. The van der Waals surface area contributed by atoms with E-state index >= 15 is 0 Å². The number of cyclic esters (lactones) is 1. The van der Waals surface area contributed by atoms with Crippen LogP contribution in [0.5, 0.6) is 0 Å². The predicted octanol–water partition coefficient (Wildman–Crippen LogP) is 1.83. The van der Waals surface area contributed by atoms with Crippen molar-refractivity contribution in [2.24, 2.45) is 0 Å². The van der Waals surface area contributed by atoms with E-state index in [1.54, 1.807) is 18.2 Å². The van der Waals surface area contributed by atoms with Crippen LogP contribution in [0, 0.1) is 5.82 Å². The molecule has 11 heteroatoms. The van der Waals surface area contributed by atoms with Gasteiger partial charge in [0, 0.05) is 24.2 Å². The summed E-state index contributed by atoms with van der Waals surface area (Å²) in [6, 6.07) is 7.46. The number of ether oxygens (including phenoxy) is 1. The van der Waals surface area contributed by atoms with Gasteiger partial charge in [-0.2, -0.15) is 8.42 Å². The number of nitrogens with zero attached hydrogens (tertiary/aromatic N) is 2. The van der Waals surface area contributed by atoms with Crippen LogP contribution in [-0.2, 0) is 30.4 Å². The summed E-state index contributed by atoms with van der Waals surface area (Å²) in [5.41, 5.74) is 1.46. The lowest BCUT2D eigenvalue weighted by atomic mass is 10.1. The van der Waals surface area contributed by atoms with Gasteiger partial charge in [0.2, 0.25) is 5.91 Å². The van der Waals surface area contributed by atoms with Crippen LogP contribution in [0.2, 0.25) is 0 Å². The number of carbonyl (C=O) groups is 2. The highest BCUT2D eigenvalue weighted by molar-refractivity contribution is 7.85. The molecule has 0 saturated carbocycles. The molecular weight excluding hydrogens is 417 g/mol. The molecule has 0 aliphatic carbocycles. The molecule has 1 aromatic heterocycles. The third-order valence-corrected chi connectivity index (χ3v) is 4.82. The van der Waals surface area contributed by atoms with Crippen molar-refractivity contribution in [3.63, 3.8) is 0 Å². The maximum atomic E-state index is 14.7. The Morgan fingerprint density at radius 2 is 2.13 bits per heavy atom. The number of hydrogen-bond donors (Lipinski definition) is 1. The average Bonchev–Trinajstić information content (AvgIpc) is 3.05. The molecule has 2 amide bonds. The third-order valence-electron chi connectivity index (χ3n) is 4.27. The number of benzene rings is 1. The topological polar surface area (TPSA) is 115 Å². The smallest absolute Gasteiger partial charge is 0.414 e. The zero-order chi connectivity index (χ0) is 21.9. The number of hydrogen-bond acceptors (Lipinski definition) is 7. The summed E-state index contributed by atoms with van der Waals surface area (Å²) in [6.07, 6.45) is 1.22. The van der Waals surface area contributed by atoms with E-state index in [9.17, 15) is 22.4 Å². The van der Waals surface area contributed by atoms with Gasteiger partial charge in [-0.3, -0.25) is 18.9 Å². The summed E-state index contributed by atoms with van der Waals surface area (Å²) in [7, 11) is -3.58. The van der Waals surface area contributed by atoms with Crippen molar-refractivity contribution in [3.05, 3.63) is 48.0 Å². The molecule has 0 spiro atoms. The largest absolute Gasteiger partial charge is 0.442 e. The first-order valence-corrected chi connectivity index (χ1v) is 10.8. The first-order valence-electron chi connectivity index (χ1n) is 8.94. The molecule has 1 atom stereocenters. The molecule has 1 fully saturated rings. The normalized spacial score (nSPS) is 16.4. The van der Waals surface area contributed by atoms with Crippen LogP contribution in [-0.4, -0.2) is 50.9 Å². The molecule has 3 rings (SSSR count). The number of nitrogens with one attached hydrogen (secondary N) is 1. The number of carbonyl (C=O) groups excluding carboxylic acids is 2. The Hall–Kier alpha value is -3.05. The molecule has 160 valence electrons. The highest BCUT2D eigenvalue weighted by Crippen LogP contribution is 2.29. The summed E-state index contributed by atoms with van der Waals surface area (Å²) in [5, 5.41) is 2.58. The summed E-state index contributed by atoms with van der Waals surface area (Å²) in [6.45, 7) is 1.52. The van der Waals surface area contributed by atoms with Crippen molar-refractivity contribution in [1.82, 2.24) is 10.3 Å². The molecule has 1 N–H and O–H groups in total. The van der Waals surface area contributed by atoms with Crippen LogP contribution in [0.15, 0.2) is 36.5 Å². The molecule has 2 heterocycles. The third kappa shape index (κ3) is 5.51. The summed E-state index contributed by atoms with van der Waals surface area (Å²) in [4.78, 5) is 28.4. The molecule has 30 heavy (non-hydrogen) atoms. The lowest BCUT2D eigenvalue weighted by Gasteiger charge is -2.14. The van der Waals surface area contributed by atoms with Crippen LogP contribution >= 0.6 is 0 Å². The Balaban J connectivity index is 1.71. The Kier molecular flexibility index (Phi) is 6.32. The Morgan fingerprint density at radius 3 is 2.73 bits per heavy atom. The van der Waals surface area contributed by atoms with Gasteiger partial charge < -0.3 is 10.1 Å². The lowest BCUT2D eigenvalue weighted by Crippen LogP contribution is -2.33. The SMILES string of the molecule is CC(=O)NCC1CN(c2ccc(-c3ccc(COS(C)(=O)=O)nc3)c(F)c2)C(=O)O1. The quantitative estimate of drug-likeness (QED) is 0.657. The molecular formula is C19H20FN3O6S. The van der Waals surface area contributed by atoms with Gasteiger partial charge in [0.15, 0.2) is 0 Å². The zero-order valence-electron chi connectivity index (χ0n) is 16.3. The van der Waals surface area contributed by atoms with Crippen molar-refractivity contribution in [1.29, 1.82) is 0 Å². The highest BCUT2D eigenvalue weighted by Gasteiger charge is 2.32. The van der Waals surface area contributed by atoms with E-state index in [1.807, 2.05) is 0 Å². The molecule has 9 nitrogen and oxygen atoms in total. The second kappa shape index (κ2) is 8.76. The Bertz CT molecular complexity index is 1060. The van der Waals surface area contributed by atoms with E-state index in [1.165, 1.54) is 30.2 Å². The molecule has 0 radical (unpaired) electrons. The molecule has 1 saturated heterocycles. The van der Waals surface area contributed by atoms with E-state index < -0.39 is 28.1 Å². The summed E-state index contributed by atoms with van der Waals surface area (Å²) >= 11 is 0. The van der Waals surface area contributed by atoms with Gasteiger partial charge in [0.05, 0.1) is 30.7 Å². The van der Waals surface area contributed by atoms with Crippen LogP contribution in [0.1, 0.15) is 12.6 Å². The monoisotopic (exact) mass is 437 g/mol. The maximum absolute atomic E-state index is 14.7. The summed E-state index contributed by atoms with van der Waals surface area (Å²) < 4.78 is 46.6. The fourth-order valence-corrected chi connectivity index (χ4v) is 3.17. The standard InChI is InChI=1S/C19H20FN3O6S/c1-12(24)21-9-16-10-23(19(25)29-16)15-5-6-17(18(20)7-15)13-3-4-14(22-8-13)11-28-30(2,26)27/h3-8,16H,9-11H2,1-2H3,(H,21,24). The van der Waals surface area contributed by atoms with Crippen LogP contribution in [0.25, 0.3) is 11.1 Å². The van der Waals surface area contributed by atoms with E-state index in [-0.39, 0.29) is 31.2 Å². The van der Waals surface area contributed by atoms with Gasteiger partial charge in [-0.1, -0.05) is 6.07 Å². The molecule has 1 aliphatic rings. The predicted molar refractivity (Wildman–Crippen MR) is 106 cm³/mol. The van der Waals surface area contributed by atoms with Gasteiger partial charge in [0.25, 0.3) is 10.1 Å². The van der Waals surface area contributed by atoms with Crippen LogP contribution in [0.3, 0.4) is 0 Å². The number of amides is 2. The summed E-state index contributed by atoms with van der Waals surface area (Å²) in [5.74, 6) is -0.796. The fraction of sp³-hybridized carbons (Fsp3) is 0.316. The molecule has 2 aromatic rings. The highest BCUT2D eigenvalue weighted by atomic mass is 32.2. The van der Waals surface area contributed by atoms with Gasteiger partial charge in [-0.05, 0) is 24.3 Å². The minimum atomic E-state index is -3.58. The van der Waals surface area contributed by atoms with Crippen LogP contribution < -0.4 is 10.2 Å². The number of halogens is 1. The fourth-order valence-electron chi connectivity index (χ4n) is 2.84. The average molecular weight is 437 g/mol. The van der Waals surface area contributed by atoms with E-state index in [2.05, 4.69) is 14.5 Å². The van der Waals surface area contributed by atoms with Gasteiger partial charge >= 0.3 is 6.09 Å². The maximum Gasteiger partial charge on any atom is 0.414 e. The molecule has 1 aliphatic heterocycles. The minimum absolute atomic E-state index is 0.180. The number of aromatic nitrogens is 1. The molecule has 0 bridgehead atoms. The van der Waals surface area contributed by atoms with Crippen molar-refractivity contribution in [2.75, 3.05) is 24.2 Å². The van der Waals surface area contributed by atoms with Gasteiger partial charge in [-0.15, -0.1) is 0 Å². The second-order valence-corrected chi connectivity index (χ2v) is 8.37. The number of pyridine rings is 1. The minimum Gasteiger partial charge on any atom is -0.442 e. The second-order valence-electron chi connectivity index (χ2n) is 6.72. The lowest BCUT2D eigenvalue weighted by molar-refractivity contribution is -0.119. The van der Waals surface area contributed by atoms with Crippen molar-refractivity contribution < 1.29 is 31.3 Å². The Morgan fingerprint density at radius 1 is 1.37 bits per heavy atom. The van der Waals surface area contributed by atoms with Gasteiger partial charge in [-0.25, -0.2) is 9.18 Å².